The van der Waals surface area contributed by atoms with E-state index in [1.807, 2.05) is 13.8 Å². The van der Waals surface area contributed by atoms with Gasteiger partial charge in [0.25, 0.3) is 0 Å². The van der Waals surface area contributed by atoms with Gasteiger partial charge in [-0.25, -0.2) is 0 Å². The first-order valence-corrected chi connectivity index (χ1v) is 5.74. The lowest BCUT2D eigenvalue weighted by Gasteiger charge is -2.13. The van der Waals surface area contributed by atoms with Crippen molar-refractivity contribution in [3.05, 3.63) is 27.7 Å². The van der Waals surface area contributed by atoms with E-state index < -0.39 is 6.04 Å². The van der Waals surface area contributed by atoms with Crippen LogP contribution in [0.4, 0.5) is 5.69 Å². The van der Waals surface area contributed by atoms with Gasteiger partial charge in [-0.1, -0.05) is 36.2 Å². The maximum Gasteiger partial charge on any atom is 0.241 e. The molecule has 0 saturated carbocycles. The number of carbonyl (C=O) groups is 1. The number of benzene rings is 1. The lowest BCUT2D eigenvalue weighted by molar-refractivity contribution is -0.117. The molecule has 1 atom stereocenters. The number of nitrogens with two attached hydrogens (primary N) is 1. The van der Waals surface area contributed by atoms with Crippen molar-refractivity contribution in [1.82, 2.24) is 0 Å². The minimum absolute atomic E-state index is 0.281. The van der Waals surface area contributed by atoms with Crippen molar-refractivity contribution in [2.24, 2.45) is 5.73 Å². The smallest absolute Gasteiger partial charge is 0.241 e. The summed E-state index contributed by atoms with van der Waals surface area (Å²) in [5.41, 5.74) is 6.89. The van der Waals surface area contributed by atoms with Gasteiger partial charge >= 0.3 is 0 Å². The molecule has 0 aliphatic heterocycles. The van der Waals surface area contributed by atoms with Gasteiger partial charge in [-0.05, 0) is 25.0 Å². The highest BCUT2D eigenvalue weighted by Crippen LogP contribution is 2.32. The largest absolute Gasteiger partial charge is 0.322 e. The lowest BCUT2D eigenvalue weighted by atomic mass is 10.2. The van der Waals surface area contributed by atoms with Gasteiger partial charge in [0.1, 0.15) is 0 Å². The number of aryl methyl sites for hydroxylation is 1. The molecular weight excluding hydrogens is 247 g/mol. The zero-order chi connectivity index (χ0) is 12.3. The van der Waals surface area contributed by atoms with Crippen LogP contribution in [0.1, 0.15) is 18.9 Å². The monoisotopic (exact) mass is 260 g/mol. The predicted octanol–water partition coefficient (Wildman–Crippen LogP) is 2.98. The Kier molecular flexibility index (Phi) is 4.59. The van der Waals surface area contributed by atoms with E-state index in [0.29, 0.717) is 22.2 Å². The zero-order valence-corrected chi connectivity index (χ0v) is 10.7. The van der Waals surface area contributed by atoms with Gasteiger partial charge in [-0.2, -0.15) is 0 Å². The molecule has 0 heterocycles. The number of carbonyl (C=O) groups excluding carboxylic acids is 1. The number of hydrogen-bond donors (Lipinski definition) is 2. The first kappa shape index (κ1) is 13.3. The standard InChI is InChI=1S/C11H14Cl2N2O/c1-3-8(14)11(16)15-10-7(12)5-4-6(2)9(10)13/h4-5,8H,3,14H2,1-2H3,(H,15,16). The Morgan fingerprint density at radius 1 is 1.50 bits per heavy atom. The Balaban J connectivity index is 2.97. The molecule has 0 spiro atoms. The third-order valence-electron chi connectivity index (χ3n) is 2.31. The summed E-state index contributed by atoms with van der Waals surface area (Å²) in [5, 5.41) is 3.50. The second-order valence-corrected chi connectivity index (χ2v) is 4.34. The maximum atomic E-state index is 11.6. The van der Waals surface area contributed by atoms with Gasteiger partial charge in [0.15, 0.2) is 0 Å². The predicted molar refractivity (Wildman–Crippen MR) is 68.1 cm³/mol. The zero-order valence-electron chi connectivity index (χ0n) is 9.18. The summed E-state index contributed by atoms with van der Waals surface area (Å²) in [4.78, 5) is 11.6. The van der Waals surface area contributed by atoms with Crippen LogP contribution in [0, 0.1) is 6.92 Å². The van der Waals surface area contributed by atoms with Crippen molar-refractivity contribution in [3.63, 3.8) is 0 Å². The first-order valence-electron chi connectivity index (χ1n) is 4.98. The fraction of sp³-hybridized carbons (Fsp3) is 0.364. The summed E-state index contributed by atoms with van der Waals surface area (Å²) in [7, 11) is 0. The molecule has 88 valence electrons. The average molecular weight is 261 g/mol. The van der Waals surface area contributed by atoms with Crippen LogP contribution in [-0.2, 0) is 4.79 Å². The van der Waals surface area contributed by atoms with Gasteiger partial charge in [-0.15, -0.1) is 0 Å². The van der Waals surface area contributed by atoms with E-state index >= 15 is 0 Å². The molecule has 3 N–H and O–H groups in total. The second kappa shape index (κ2) is 5.53. The summed E-state index contributed by atoms with van der Waals surface area (Å²) in [6, 6.07) is 2.93. The summed E-state index contributed by atoms with van der Waals surface area (Å²) in [6.45, 7) is 3.68. The van der Waals surface area contributed by atoms with E-state index in [1.165, 1.54) is 0 Å². The number of hydrogen-bond acceptors (Lipinski definition) is 2. The van der Waals surface area contributed by atoms with E-state index in [4.69, 9.17) is 28.9 Å². The van der Waals surface area contributed by atoms with Crippen molar-refractivity contribution in [3.8, 4) is 0 Å². The molecule has 0 bridgehead atoms. The summed E-state index contributed by atoms with van der Waals surface area (Å²) in [5.74, 6) is -0.281. The highest BCUT2D eigenvalue weighted by molar-refractivity contribution is 6.40. The molecule has 1 rings (SSSR count). The van der Waals surface area contributed by atoms with E-state index in [2.05, 4.69) is 5.32 Å². The maximum absolute atomic E-state index is 11.6. The normalized spacial score (nSPS) is 12.3. The summed E-state index contributed by atoms with van der Waals surface area (Å²) >= 11 is 12.0. The SMILES string of the molecule is CCC(N)C(=O)Nc1c(Cl)ccc(C)c1Cl. The molecule has 0 saturated heterocycles. The Labute approximate surface area is 105 Å². The third kappa shape index (κ3) is 2.88. The molecule has 1 aromatic rings. The van der Waals surface area contributed by atoms with Crippen LogP contribution >= 0.6 is 23.2 Å². The molecule has 3 nitrogen and oxygen atoms in total. The Morgan fingerprint density at radius 2 is 2.12 bits per heavy atom. The number of amides is 1. The van der Waals surface area contributed by atoms with Gasteiger partial charge in [-0.3, -0.25) is 4.79 Å². The Hall–Kier alpha value is -0.770. The van der Waals surface area contributed by atoms with Crippen LogP contribution in [-0.4, -0.2) is 11.9 Å². The number of halogens is 2. The Morgan fingerprint density at radius 3 is 2.69 bits per heavy atom. The molecular formula is C11H14Cl2N2O. The molecule has 0 aliphatic rings. The number of nitrogens with one attached hydrogen (secondary N) is 1. The molecule has 1 aromatic carbocycles. The van der Waals surface area contributed by atoms with Crippen LogP contribution in [0.2, 0.25) is 10.0 Å². The van der Waals surface area contributed by atoms with Gasteiger partial charge in [0.2, 0.25) is 5.91 Å². The molecule has 1 unspecified atom stereocenters. The topological polar surface area (TPSA) is 55.1 Å². The van der Waals surface area contributed by atoms with Crippen LogP contribution in [0.25, 0.3) is 0 Å². The molecule has 0 fully saturated rings. The van der Waals surface area contributed by atoms with E-state index in [-0.39, 0.29) is 5.91 Å². The van der Waals surface area contributed by atoms with Gasteiger partial charge < -0.3 is 11.1 Å². The molecule has 5 heteroatoms. The first-order chi connectivity index (χ1) is 7.47. The molecule has 0 aromatic heterocycles. The van der Waals surface area contributed by atoms with E-state index in [9.17, 15) is 4.79 Å². The minimum atomic E-state index is -0.548. The second-order valence-electron chi connectivity index (χ2n) is 3.56. The highest BCUT2D eigenvalue weighted by atomic mass is 35.5. The van der Waals surface area contributed by atoms with Gasteiger partial charge in [0, 0.05) is 0 Å². The molecule has 0 radical (unpaired) electrons. The van der Waals surface area contributed by atoms with Crippen molar-refractivity contribution < 1.29 is 4.79 Å². The van der Waals surface area contributed by atoms with Crippen LogP contribution in [0.3, 0.4) is 0 Å². The van der Waals surface area contributed by atoms with Crippen molar-refractivity contribution >= 4 is 34.8 Å². The van der Waals surface area contributed by atoms with Gasteiger partial charge in [0.05, 0.1) is 21.8 Å². The minimum Gasteiger partial charge on any atom is -0.322 e. The molecule has 16 heavy (non-hydrogen) atoms. The van der Waals surface area contributed by atoms with Crippen LogP contribution in [0.15, 0.2) is 12.1 Å². The van der Waals surface area contributed by atoms with Crippen molar-refractivity contribution in [2.75, 3.05) is 5.32 Å². The summed E-state index contributed by atoms with van der Waals surface area (Å²) < 4.78 is 0. The lowest BCUT2D eigenvalue weighted by Crippen LogP contribution is -2.35. The quantitative estimate of drug-likeness (QED) is 0.878. The fourth-order valence-corrected chi connectivity index (χ4v) is 1.64. The average Bonchev–Trinajstić information content (AvgIpc) is 2.28. The molecule has 1 amide bonds. The van der Waals surface area contributed by atoms with E-state index in [1.54, 1.807) is 12.1 Å². The number of rotatable bonds is 3. The number of anilines is 1. The summed E-state index contributed by atoms with van der Waals surface area (Å²) in [6.07, 6.45) is 0.562. The van der Waals surface area contributed by atoms with Crippen molar-refractivity contribution in [1.29, 1.82) is 0 Å². The fourth-order valence-electron chi connectivity index (χ4n) is 1.17. The third-order valence-corrected chi connectivity index (χ3v) is 3.11. The molecule has 0 aliphatic carbocycles. The Bertz CT molecular complexity index is 407. The highest BCUT2D eigenvalue weighted by Gasteiger charge is 2.15. The van der Waals surface area contributed by atoms with Crippen LogP contribution in [0.5, 0.6) is 0 Å². The van der Waals surface area contributed by atoms with E-state index in [0.717, 1.165) is 5.56 Å². The van der Waals surface area contributed by atoms with Crippen molar-refractivity contribution in [2.45, 2.75) is 26.3 Å². The van der Waals surface area contributed by atoms with Crippen LogP contribution < -0.4 is 11.1 Å².